The molecule has 0 radical (unpaired) electrons. The fourth-order valence-electron chi connectivity index (χ4n) is 2.52. The summed E-state index contributed by atoms with van der Waals surface area (Å²) in [7, 11) is -0.981. The average molecular weight is 377 g/mol. The van der Waals surface area contributed by atoms with E-state index in [9.17, 15) is 13.2 Å². The molecule has 2 atom stereocenters. The van der Waals surface area contributed by atoms with E-state index in [2.05, 4.69) is 4.72 Å². The summed E-state index contributed by atoms with van der Waals surface area (Å²) >= 11 is 0. The Kier molecular flexibility index (Phi) is 6.76. The largest absolute Gasteiger partial charge is 0.497 e. The van der Waals surface area contributed by atoms with Gasteiger partial charge in [-0.2, -0.15) is 0 Å². The third-order valence-electron chi connectivity index (χ3n) is 4.13. The van der Waals surface area contributed by atoms with Crippen LogP contribution in [0, 0.1) is 0 Å². The van der Waals surface area contributed by atoms with E-state index in [1.54, 1.807) is 62.6 Å². The van der Waals surface area contributed by atoms with Gasteiger partial charge in [0, 0.05) is 0 Å². The maximum atomic E-state index is 12.7. The minimum atomic E-state index is -3.78. The molecule has 0 aromatic heterocycles. The summed E-state index contributed by atoms with van der Waals surface area (Å²) < 4.78 is 37.8. The molecule has 1 unspecified atom stereocenters. The van der Waals surface area contributed by atoms with Crippen LogP contribution in [-0.4, -0.2) is 34.6 Å². The molecule has 6 nitrogen and oxygen atoms in total. The van der Waals surface area contributed by atoms with Gasteiger partial charge < -0.3 is 9.47 Å². The van der Waals surface area contributed by atoms with Gasteiger partial charge in [0.25, 0.3) is 0 Å². The third kappa shape index (κ3) is 5.06. The fourth-order valence-corrected chi connectivity index (χ4v) is 3.81. The maximum Gasteiger partial charge on any atom is 0.324 e. The van der Waals surface area contributed by atoms with E-state index in [-0.39, 0.29) is 6.42 Å². The van der Waals surface area contributed by atoms with Crippen molar-refractivity contribution < 1.29 is 22.7 Å². The Morgan fingerprint density at radius 2 is 1.65 bits per heavy atom. The van der Waals surface area contributed by atoms with Gasteiger partial charge in [-0.1, -0.05) is 42.5 Å². The first kappa shape index (κ1) is 19.9. The first-order valence-electron chi connectivity index (χ1n) is 8.14. The van der Waals surface area contributed by atoms with Crippen molar-refractivity contribution in [3.63, 3.8) is 0 Å². The molecule has 2 aromatic rings. The zero-order valence-electron chi connectivity index (χ0n) is 15.0. The minimum absolute atomic E-state index is 0.178. The fraction of sp³-hybridized carbons (Fsp3) is 0.316. The Labute approximate surface area is 154 Å². The summed E-state index contributed by atoms with van der Waals surface area (Å²) in [4.78, 5) is 12.1. The van der Waals surface area contributed by atoms with Crippen LogP contribution in [-0.2, 0) is 26.0 Å². The van der Waals surface area contributed by atoms with E-state index < -0.39 is 27.3 Å². The second kappa shape index (κ2) is 8.82. The van der Waals surface area contributed by atoms with Crippen molar-refractivity contribution in [2.24, 2.45) is 0 Å². The summed E-state index contributed by atoms with van der Waals surface area (Å²) in [5, 5.41) is -0.799. The number of rotatable bonds is 8. The monoisotopic (exact) mass is 377 g/mol. The highest BCUT2D eigenvalue weighted by molar-refractivity contribution is 7.89. The lowest BCUT2D eigenvalue weighted by Gasteiger charge is -2.20. The van der Waals surface area contributed by atoms with E-state index in [1.807, 2.05) is 6.07 Å². The van der Waals surface area contributed by atoms with Crippen LogP contribution >= 0.6 is 0 Å². The summed E-state index contributed by atoms with van der Waals surface area (Å²) in [5.74, 6) is 0.0475. The van der Waals surface area contributed by atoms with Crippen LogP contribution in [0.15, 0.2) is 54.6 Å². The summed E-state index contributed by atoms with van der Waals surface area (Å²) in [6, 6.07) is 14.9. The van der Waals surface area contributed by atoms with Crippen molar-refractivity contribution in [2.45, 2.75) is 24.6 Å². The van der Waals surface area contributed by atoms with Crippen molar-refractivity contribution >= 4 is 16.0 Å². The normalized spacial score (nSPS) is 13.7. The summed E-state index contributed by atoms with van der Waals surface area (Å²) in [6.45, 7) is 1.58. The quantitative estimate of drug-likeness (QED) is 0.715. The second-order valence-corrected chi connectivity index (χ2v) is 7.88. The molecule has 0 aliphatic rings. The first-order chi connectivity index (χ1) is 12.4. The third-order valence-corrected chi connectivity index (χ3v) is 5.94. The Balaban J connectivity index is 2.19. The molecule has 2 rings (SSSR count). The van der Waals surface area contributed by atoms with Crippen LogP contribution in [0.5, 0.6) is 5.75 Å². The topological polar surface area (TPSA) is 81.7 Å². The number of nitrogens with one attached hydrogen (secondary N) is 1. The first-order valence-corrected chi connectivity index (χ1v) is 9.69. The SMILES string of the molecule is COC(=O)[C@H](Cc1ccc(OC)cc1)NS(=O)(=O)C(C)c1ccccc1. The van der Waals surface area contributed by atoms with Crippen LogP contribution in [0.3, 0.4) is 0 Å². The predicted octanol–water partition coefficient (Wildman–Crippen LogP) is 2.46. The molecular weight excluding hydrogens is 354 g/mol. The van der Waals surface area contributed by atoms with Crippen molar-refractivity contribution in [1.29, 1.82) is 0 Å². The number of hydrogen-bond donors (Lipinski definition) is 1. The molecule has 0 spiro atoms. The van der Waals surface area contributed by atoms with E-state index >= 15 is 0 Å². The Bertz CT molecular complexity index is 819. The molecule has 26 heavy (non-hydrogen) atoms. The second-order valence-electron chi connectivity index (χ2n) is 5.84. The number of benzene rings is 2. The Morgan fingerprint density at radius 1 is 1.04 bits per heavy atom. The number of sulfonamides is 1. The summed E-state index contributed by atoms with van der Waals surface area (Å²) in [5.41, 5.74) is 1.43. The van der Waals surface area contributed by atoms with E-state index in [4.69, 9.17) is 9.47 Å². The summed E-state index contributed by atoms with van der Waals surface area (Å²) in [6.07, 6.45) is 0.178. The van der Waals surface area contributed by atoms with Crippen LogP contribution in [0.4, 0.5) is 0 Å². The van der Waals surface area contributed by atoms with E-state index in [1.165, 1.54) is 7.11 Å². The van der Waals surface area contributed by atoms with Gasteiger partial charge in [-0.05, 0) is 36.6 Å². The lowest BCUT2D eigenvalue weighted by Crippen LogP contribution is -2.44. The van der Waals surface area contributed by atoms with E-state index in [0.717, 1.165) is 5.56 Å². The van der Waals surface area contributed by atoms with Crippen LogP contribution < -0.4 is 9.46 Å². The molecule has 140 valence electrons. The number of esters is 1. The predicted molar refractivity (Wildman–Crippen MR) is 99.4 cm³/mol. The molecular formula is C19H23NO5S. The molecule has 7 heteroatoms. The molecule has 0 aliphatic heterocycles. The molecule has 0 heterocycles. The molecule has 0 saturated carbocycles. The smallest absolute Gasteiger partial charge is 0.324 e. The Hall–Kier alpha value is -2.38. The number of ether oxygens (including phenoxy) is 2. The van der Waals surface area contributed by atoms with Gasteiger partial charge in [0.15, 0.2) is 0 Å². The average Bonchev–Trinajstić information content (AvgIpc) is 2.67. The number of carbonyl (C=O) groups excluding carboxylic acids is 1. The molecule has 0 amide bonds. The number of carbonyl (C=O) groups is 1. The standard InChI is InChI=1S/C19H23NO5S/c1-14(16-7-5-4-6-8-16)26(22,23)20-18(19(21)25-3)13-15-9-11-17(24-2)12-10-15/h4-12,14,18,20H,13H2,1-3H3/t14?,18-/m0/s1. The molecule has 0 fully saturated rings. The van der Waals surface area contributed by atoms with Gasteiger partial charge in [0.05, 0.1) is 19.5 Å². The zero-order chi connectivity index (χ0) is 19.2. The van der Waals surface area contributed by atoms with Gasteiger partial charge in [0.1, 0.15) is 11.8 Å². The molecule has 0 saturated heterocycles. The number of hydrogen-bond acceptors (Lipinski definition) is 5. The van der Waals surface area contributed by atoms with Gasteiger partial charge in [-0.3, -0.25) is 4.79 Å². The van der Waals surface area contributed by atoms with Gasteiger partial charge in [-0.25, -0.2) is 13.1 Å². The van der Waals surface area contributed by atoms with Crippen LogP contribution in [0.25, 0.3) is 0 Å². The Morgan fingerprint density at radius 3 is 2.19 bits per heavy atom. The highest BCUT2D eigenvalue weighted by Crippen LogP contribution is 2.21. The van der Waals surface area contributed by atoms with Crippen molar-refractivity contribution in [1.82, 2.24) is 4.72 Å². The van der Waals surface area contributed by atoms with E-state index in [0.29, 0.717) is 11.3 Å². The molecule has 0 bridgehead atoms. The van der Waals surface area contributed by atoms with Gasteiger partial charge >= 0.3 is 5.97 Å². The molecule has 2 aromatic carbocycles. The van der Waals surface area contributed by atoms with Crippen molar-refractivity contribution in [3.8, 4) is 5.75 Å². The highest BCUT2D eigenvalue weighted by Gasteiger charge is 2.30. The highest BCUT2D eigenvalue weighted by atomic mass is 32.2. The molecule has 1 N–H and O–H groups in total. The maximum absolute atomic E-state index is 12.7. The van der Waals surface area contributed by atoms with Crippen molar-refractivity contribution in [2.75, 3.05) is 14.2 Å². The van der Waals surface area contributed by atoms with Gasteiger partial charge in [0.2, 0.25) is 10.0 Å². The van der Waals surface area contributed by atoms with Crippen LogP contribution in [0.1, 0.15) is 23.3 Å². The lowest BCUT2D eigenvalue weighted by atomic mass is 10.1. The lowest BCUT2D eigenvalue weighted by molar-refractivity contribution is -0.142. The molecule has 0 aliphatic carbocycles. The minimum Gasteiger partial charge on any atom is -0.497 e. The zero-order valence-corrected chi connectivity index (χ0v) is 15.8. The van der Waals surface area contributed by atoms with Crippen molar-refractivity contribution in [3.05, 3.63) is 65.7 Å². The number of methoxy groups -OCH3 is 2. The van der Waals surface area contributed by atoms with Gasteiger partial charge in [-0.15, -0.1) is 0 Å². The van der Waals surface area contributed by atoms with Crippen LogP contribution in [0.2, 0.25) is 0 Å².